The lowest BCUT2D eigenvalue weighted by Crippen LogP contribution is -2.62. The molecule has 5 heteroatoms. The average Bonchev–Trinajstić information content (AvgIpc) is 3.23. The van der Waals surface area contributed by atoms with Gasteiger partial charge in [-0.2, -0.15) is 0 Å². The summed E-state index contributed by atoms with van der Waals surface area (Å²) < 4.78 is 19.3. The maximum absolute atomic E-state index is 12.5. The van der Waals surface area contributed by atoms with Crippen molar-refractivity contribution in [3.8, 4) is 0 Å². The minimum atomic E-state index is -1.79. The lowest BCUT2D eigenvalue weighted by molar-refractivity contribution is -0.274. The minimum absolute atomic E-state index is 0.238. The summed E-state index contributed by atoms with van der Waals surface area (Å²) in [5, 5.41) is 0.239. The van der Waals surface area contributed by atoms with Crippen molar-refractivity contribution < 1.29 is 18.7 Å². The van der Waals surface area contributed by atoms with E-state index in [-0.39, 0.29) is 10.5 Å². The topological polar surface area (TPSA) is 44.8 Å². The van der Waals surface area contributed by atoms with E-state index in [1.165, 1.54) is 19.1 Å². The second-order valence-electron chi connectivity index (χ2n) is 12.3. The Morgan fingerprint density at radius 2 is 1.62 bits per heavy atom. The van der Waals surface area contributed by atoms with Gasteiger partial charge in [0.05, 0.1) is 24.7 Å². The van der Waals surface area contributed by atoms with Gasteiger partial charge in [-0.25, -0.2) is 0 Å². The van der Waals surface area contributed by atoms with E-state index in [9.17, 15) is 4.79 Å². The number of hydrogen-bond acceptors (Lipinski definition) is 4. The molecule has 3 saturated carbocycles. The van der Waals surface area contributed by atoms with Gasteiger partial charge in [-0.15, -0.1) is 0 Å². The van der Waals surface area contributed by atoms with Gasteiger partial charge in [-0.3, -0.25) is 0 Å². The van der Waals surface area contributed by atoms with Crippen molar-refractivity contribution in [3.05, 3.63) is 0 Å². The summed E-state index contributed by atoms with van der Waals surface area (Å²) in [4.78, 5) is 12.5. The first kappa shape index (κ1) is 22.0. The smallest absolute Gasteiger partial charge is 0.192 e. The van der Waals surface area contributed by atoms with Crippen LogP contribution < -0.4 is 0 Å². The summed E-state index contributed by atoms with van der Waals surface area (Å²) in [6.07, 6.45) is 8.15. The standard InChI is InChI=1S/C24H42O4Si/c1-21(2,3)29(6,7)28-20-9-8-18-17-10-13-24(26-14-15-27-24)23(5,16-25)19(17)11-12-22(18,20)4/h16-20H,8-15H2,1-7H3/t17?,18?,19?,20-,22-,23+/m0/s1. The van der Waals surface area contributed by atoms with E-state index >= 15 is 0 Å². The van der Waals surface area contributed by atoms with Crippen LogP contribution in [0.15, 0.2) is 0 Å². The number of fused-ring (bicyclic) bond motifs is 3. The average molecular weight is 423 g/mol. The fourth-order valence-electron chi connectivity index (χ4n) is 7.11. The molecule has 166 valence electrons. The Hall–Kier alpha value is -0.233. The lowest BCUT2D eigenvalue weighted by atomic mass is 9.49. The zero-order chi connectivity index (χ0) is 21.3. The molecule has 29 heavy (non-hydrogen) atoms. The SMILES string of the molecule is CC(C)(C)[Si](C)(C)O[C@H]1CCC2C3CCC4(OCCO4)[C@](C)(C=O)C3CC[C@@]21C. The Morgan fingerprint density at radius 1 is 0.966 bits per heavy atom. The van der Waals surface area contributed by atoms with Crippen LogP contribution in [0.1, 0.15) is 73.1 Å². The Morgan fingerprint density at radius 3 is 2.21 bits per heavy atom. The highest BCUT2D eigenvalue weighted by atomic mass is 28.4. The van der Waals surface area contributed by atoms with Gasteiger partial charge in [0.15, 0.2) is 14.1 Å². The molecule has 0 amide bonds. The molecule has 4 nitrogen and oxygen atoms in total. The third-order valence-electron chi connectivity index (χ3n) is 9.99. The number of carbonyl (C=O) groups is 1. The van der Waals surface area contributed by atoms with Crippen LogP contribution in [-0.4, -0.2) is 39.7 Å². The minimum Gasteiger partial charge on any atom is -0.413 e. The van der Waals surface area contributed by atoms with Crippen molar-refractivity contribution >= 4 is 14.6 Å². The van der Waals surface area contributed by atoms with E-state index in [0.29, 0.717) is 37.1 Å². The Balaban J connectivity index is 1.59. The van der Waals surface area contributed by atoms with Crippen LogP contribution in [0.4, 0.5) is 0 Å². The molecular formula is C24H42O4Si. The molecule has 1 saturated heterocycles. The van der Waals surface area contributed by atoms with Gasteiger partial charge < -0.3 is 18.7 Å². The summed E-state index contributed by atoms with van der Waals surface area (Å²) >= 11 is 0. The first-order valence-electron chi connectivity index (χ1n) is 11.8. The van der Waals surface area contributed by atoms with Gasteiger partial charge in [-0.05, 0) is 80.3 Å². The van der Waals surface area contributed by atoms with Crippen LogP contribution in [-0.2, 0) is 18.7 Å². The molecule has 0 radical (unpaired) electrons. The maximum Gasteiger partial charge on any atom is 0.192 e. The van der Waals surface area contributed by atoms with Crippen molar-refractivity contribution in [1.29, 1.82) is 0 Å². The Labute approximate surface area is 178 Å². The highest BCUT2D eigenvalue weighted by Gasteiger charge is 2.66. The second-order valence-corrected chi connectivity index (χ2v) is 17.0. The molecule has 4 fully saturated rings. The number of rotatable bonds is 3. The number of carbonyl (C=O) groups excluding carboxylic acids is 1. The van der Waals surface area contributed by atoms with E-state index in [0.717, 1.165) is 25.7 Å². The fraction of sp³-hybridized carbons (Fsp3) is 0.958. The van der Waals surface area contributed by atoms with Gasteiger partial charge in [0, 0.05) is 6.42 Å². The van der Waals surface area contributed by atoms with E-state index in [1.54, 1.807) is 0 Å². The molecule has 0 aromatic rings. The summed E-state index contributed by atoms with van der Waals surface area (Å²) in [6.45, 7) is 17.6. The lowest BCUT2D eigenvalue weighted by Gasteiger charge is -2.59. The third kappa shape index (κ3) is 3.05. The van der Waals surface area contributed by atoms with Crippen LogP contribution in [0.2, 0.25) is 18.1 Å². The van der Waals surface area contributed by atoms with Crippen LogP contribution in [0, 0.1) is 28.6 Å². The highest BCUT2D eigenvalue weighted by molar-refractivity contribution is 6.74. The molecule has 1 heterocycles. The van der Waals surface area contributed by atoms with Crippen LogP contribution in [0.25, 0.3) is 0 Å². The maximum atomic E-state index is 12.5. The molecule has 4 aliphatic rings. The molecule has 6 atom stereocenters. The fourth-order valence-corrected chi connectivity index (χ4v) is 8.56. The van der Waals surface area contributed by atoms with Gasteiger partial charge >= 0.3 is 0 Å². The third-order valence-corrected chi connectivity index (χ3v) is 14.5. The zero-order valence-corrected chi connectivity index (χ0v) is 20.7. The van der Waals surface area contributed by atoms with Gasteiger partial charge in [0.25, 0.3) is 0 Å². The molecule has 0 aromatic carbocycles. The molecule has 3 unspecified atom stereocenters. The van der Waals surface area contributed by atoms with E-state index < -0.39 is 19.5 Å². The molecule has 0 N–H and O–H groups in total. The van der Waals surface area contributed by atoms with Crippen molar-refractivity contribution in [1.82, 2.24) is 0 Å². The van der Waals surface area contributed by atoms with Crippen LogP contribution in [0.5, 0.6) is 0 Å². The summed E-state index contributed by atoms with van der Waals surface area (Å²) in [6, 6.07) is 0. The van der Waals surface area contributed by atoms with Gasteiger partial charge in [-0.1, -0.05) is 27.7 Å². The quantitative estimate of drug-likeness (QED) is 0.441. The molecule has 4 rings (SSSR count). The predicted molar refractivity (Wildman–Crippen MR) is 117 cm³/mol. The summed E-state index contributed by atoms with van der Waals surface area (Å²) in [5.41, 5.74) is -0.297. The second kappa shape index (κ2) is 6.88. The van der Waals surface area contributed by atoms with Crippen molar-refractivity contribution in [2.24, 2.45) is 28.6 Å². The molecule has 0 aromatic heterocycles. The van der Waals surface area contributed by atoms with Crippen molar-refractivity contribution in [2.45, 2.75) is 103 Å². The van der Waals surface area contributed by atoms with Crippen molar-refractivity contribution in [3.63, 3.8) is 0 Å². The van der Waals surface area contributed by atoms with E-state index in [2.05, 4.69) is 47.7 Å². The first-order chi connectivity index (χ1) is 13.4. The molecule has 3 aliphatic carbocycles. The summed E-state index contributed by atoms with van der Waals surface area (Å²) in [5.74, 6) is 0.903. The molecule has 1 spiro atoms. The first-order valence-corrected chi connectivity index (χ1v) is 14.7. The van der Waals surface area contributed by atoms with Gasteiger partial charge in [0.2, 0.25) is 0 Å². The number of hydrogen-bond donors (Lipinski definition) is 0. The number of aldehydes is 1. The number of ether oxygens (including phenoxy) is 2. The van der Waals surface area contributed by atoms with E-state index in [1.807, 2.05) is 0 Å². The highest BCUT2D eigenvalue weighted by Crippen LogP contribution is 2.66. The Bertz CT molecular complexity index is 650. The largest absolute Gasteiger partial charge is 0.413 e. The molecular weight excluding hydrogens is 380 g/mol. The van der Waals surface area contributed by atoms with Crippen molar-refractivity contribution in [2.75, 3.05) is 13.2 Å². The van der Waals surface area contributed by atoms with Crippen LogP contribution >= 0.6 is 0 Å². The summed E-state index contributed by atoms with van der Waals surface area (Å²) in [7, 11) is -1.79. The zero-order valence-electron chi connectivity index (χ0n) is 19.7. The van der Waals surface area contributed by atoms with Gasteiger partial charge in [0.1, 0.15) is 6.29 Å². The predicted octanol–water partition coefficient (Wildman–Crippen LogP) is 5.56. The van der Waals surface area contributed by atoms with Crippen LogP contribution in [0.3, 0.4) is 0 Å². The monoisotopic (exact) mass is 422 g/mol. The Kier molecular flexibility index (Phi) is 5.22. The van der Waals surface area contributed by atoms with E-state index in [4.69, 9.17) is 13.9 Å². The normalized spacial score (nSPS) is 44.5. The molecule has 0 bridgehead atoms. The molecule has 1 aliphatic heterocycles.